The number of esters is 1. The molecule has 0 spiro atoms. The lowest BCUT2D eigenvalue weighted by molar-refractivity contribution is 0.0598. The van der Waals surface area contributed by atoms with Gasteiger partial charge in [-0.25, -0.2) is 9.31 Å². The van der Waals surface area contributed by atoms with Crippen molar-refractivity contribution in [1.82, 2.24) is 19.2 Å². The molecule has 0 radical (unpaired) electrons. The molecule has 3 rings (SSSR count). The monoisotopic (exact) mass is 299 g/mol. The molecule has 0 aliphatic carbocycles. The van der Waals surface area contributed by atoms with Crippen molar-refractivity contribution in [3.05, 3.63) is 46.5 Å². The number of nitrogen functional groups attached to an aromatic ring is 1. The zero-order valence-electron chi connectivity index (χ0n) is 12.0. The minimum atomic E-state index is -0.671. The van der Waals surface area contributed by atoms with Crippen molar-refractivity contribution in [1.29, 1.82) is 0 Å². The van der Waals surface area contributed by atoms with Gasteiger partial charge >= 0.3 is 5.97 Å². The van der Waals surface area contributed by atoms with Gasteiger partial charge in [-0.15, -0.1) is 5.10 Å². The van der Waals surface area contributed by atoms with Crippen LogP contribution in [0.15, 0.2) is 35.4 Å². The molecule has 8 nitrogen and oxygen atoms in total. The summed E-state index contributed by atoms with van der Waals surface area (Å²) in [5.41, 5.74) is 7.15. The van der Waals surface area contributed by atoms with E-state index in [0.717, 1.165) is 5.56 Å². The largest absolute Gasteiger partial charge is 0.465 e. The number of methoxy groups -OCH3 is 1. The summed E-state index contributed by atoms with van der Waals surface area (Å²) >= 11 is 0. The SMILES string of the molecule is COC(=O)c1cc(-c2ccn3nc(N)nc3c2)cn(C)c1=O. The second-order valence-corrected chi connectivity index (χ2v) is 4.74. The summed E-state index contributed by atoms with van der Waals surface area (Å²) in [6.45, 7) is 0. The number of carbonyl (C=O) groups excluding carboxylic acids is 1. The normalized spacial score (nSPS) is 10.8. The van der Waals surface area contributed by atoms with Gasteiger partial charge in [0.25, 0.3) is 5.56 Å². The van der Waals surface area contributed by atoms with Crippen LogP contribution in [0.3, 0.4) is 0 Å². The number of hydrogen-bond acceptors (Lipinski definition) is 6. The highest BCUT2D eigenvalue weighted by Gasteiger charge is 2.14. The van der Waals surface area contributed by atoms with Crippen LogP contribution in [0.25, 0.3) is 16.8 Å². The van der Waals surface area contributed by atoms with Crippen molar-refractivity contribution in [2.45, 2.75) is 0 Å². The lowest BCUT2D eigenvalue weighted by atomic mass is 10.1. The standard InChI is InChI=1S/C14H13N5O3/c1-18-7-9(5-10(12(18)20)13(21)22-2)8-3-4-19-11(6-8)16-14(15)17-19/h3-7H,1-2H3,(H2,15,17). The van der Waals surface area contributed by atoms with Crippen LogP contribution in [-0.2, 0) is 11.8 Å². The average molecular weight is 299 g/mol. The Morgan fingerprint density at radius 1 is 1.32 bits per heavy atom. The van der Waals surface area contributed by atoms with Crippen LogP contribution in [0.4, 0.5) is 5.95 Å². The van der Waals surface area contributed by atoms with Crippen molar-refractivity contribution in [3.63, 3.8) is 0 Å². The molecule has 0 aliphatic rings. The number of nitrogens with zero attached hydrogens (tertiary/aromatic N) is 4. The lowest BCUT2D eigenvalue weighted by Crippen LogP contribution is -2.24. The molecule has 0 aliphatic heterocycles. The van der Waals surface area contributed by atoms with Crippen LogP contribution >= 0.6 is 0 Å². The van der Waals surface area contributed by atoms with E-state index in [1.807, 2.05) is 0 Å². The molecule has 0 bridgehead atoms. The summed E-state index contributed by atoms with van der Waals surface area (Å²) in [4.78, 5) is 27.8. The fraction of sp³-hybridized carbons (Fsp3) is 0.143. The quantitative estimate of drug-likeness (QED) is 0.689. The number of nitrogens with two attached hydrogens (primary N) is 1. The molecular weight excluding hydrogens is 286 g/mol. The van der Waals surface area contributed by atoms with Crippen molar-refractivity contribution >= 4 is 17.6 Å². The Bertz CT molecular complexity index is 941. The van der Waals surface area contributed by atoms with Gasteiger partial charge in [-0.2, -0.15) is 4.98 Å². The minimum absolute atomic E-state index is 0.0247. The number of anilines is 1. The molecule has 112 valence electrons. The van der Waals surface area contributed by atoms with Crippen LogP contribution in [-0.4, -0.2) is 32.2 Å². The first-order chi connectivity index (χ1) is 10.5. The van der Waals surface area contributed by atoms with E-state index >= 15 is 0 Å². The van der Waals surface area contributed by atoms with Gasteiger partial charge in [0.2, 0.25) is 5.95 Å². The molecular formula is C14H13N5O3. The Balaban J connectivity index is 2.19. The number of pyridine rings is 2. The summed E-state index contributed by atoms with van der Waals surface area (Å²) in [7, 11) is 2.81. The fourth-order valence-corrected chi connectivity index (χ4v) is 2.20. The minimum Gasteiger partial charge on any atom is -0.465 e. The smallest absolute Gasteiger partial charge is 0.343 e. The van der Waals surface area contributed by atoms with Gasteiger partial charge in [0.15, 0.2) is 5.65 Å². The summed E-state index contributed by atoms with van der Waals surface area (Å²) < 4.78 is 7.52. The van der Waals surface area contributed by atoms with Gasteiger partial charge in [0.05, 0.1) is 7.11 Å². The predicted molar refractivity (Wildman–Crippen MR) is 79.4 cm³/mol. The first-order valence-corrected chi connectivity index (χ1v) is 6.41. The van der Waals surface area contributed by atoms with Gasteiger partial charge in [-0.1, -0.05) is 0 Å². The maximum atomic E-state index is 12.0. The maximum Gasteiger partial charge on any atom is 0.343 e. The highest BCUT2D eigenvalue weighted by atomic mass is 16.5. The highest BCUT2D eigenvalue weighted by Crippen LogP contribution is 2.20. The van der Waals surface area contributed by atoms with E-state index in [9.17, 15) is 9.59 Å². The summed E-state index contributed by atoms with van der Waals surface area (Å²) in [5.74, 6) is -0.497. The lowest BCUT2D eigenvalue weighted by Gasteiger charge is -2.07. The number of hydrogen-bond donors (Lipinski definition) is 1. The third-order valence-electron chi connectivity index (χ3n) is 3.28. The number of fused-ring (bicyclic) bond motifs is 1. The van der Waals surface area contributed by atoms with Crippen molar-refractivity contribution in [2.75, 3.05) is 12.8 Å². The predicted octanol–water partition coefficient (Wildman–Crippen LogP) is 0.464. The van der Waals surface area contributed by atoms with E-state index in [-0.39, 0.29) is 11.5 Å². The van der Waals surface area contributed by atoms with Crippen LogP contribution in [0.1, 0.15) is 10.4 Å². The van der Waals surface area contributed by atoms with Crippen molar-refractivity contribution < 1.29 is 9.53 Å². The van der Waals surface area contributed by atoms with Gasteiger partial charge in [0.1, 0.15) is 5.56 Å². The van der Waals surface area contributed by atoms with E-state index in [2.05, 4.69) is 14.8 Å². The zero-order valence-corrected chi connectivity index (χ0v) is 12.0. The molecule has 0 saturated heterocycles. The topological polar surface area (TPSA) is 105 Å². The fourth-order valence-electron chi connectivity index (χ4n) is 2.20. The van der Waals surface area contributed by atoms with Gasteiger partial charge < -0.3 is 15.0 Å². The van der Waals surface area contributed by atoms with Gasteiger partial charge in [-0.05, 0) is 29.3 Å². The molecule has 2 N–H and O–H groups in total. The molecule has 0 saturated carbocycles. The summed E-state index contributed by atoms with van der Waals surface area (Å²) in [5, 5.41) is 3.99. The molecule has 8 heteroatoms. The van der Waals surface area contributed by atoms with E-state index < -0.39 is 11.5 Å². The van der Waals surface area contributed by atoms with E-state index in [0.29, 0.717) is 11.2 Å². The number of ether oxygens (including phenoxy) is 1. The number of aromatic nitrogens is 4. The average Bonchev–Trinajstić information content (AvgIpc) is 2.88. The van der Waals surface area contributed by atoms with Crippen molar-refractivity contribution in [3.8, 4) is 11.1 Å². The van der Waals surface area contributed by atoms with E-state index in [1.165, 1.54) is 17.7 Å². The number of aryl methyl sites for hydroxylation is 1. The molecule has 0 amide bonds. The van der Waals surface area contributed by atoms with Gasteiger partial charge in [0, 0.05) is 19.4 Å². The molecule has 0 unspecified atom stereocenters. The summed E-state index contributed by atoms with van der Waals surface area (Å²) in [6.07, 6.45) is 3.34. The molecule has 3 heterocycles. The second-order valence-electron chi connectivity index (χ2n) is 4.74. The Hall–Kier alpha value is -3.16. The molecule has 0 aromatic carbocycles. The van der Waals surface area contributed by atoms with Crippen molar-refractivity contribution in [2.24, 2.45) is 7.05 Å². The Kier molecular flexibility index (Phi) is 3.13. The third kappa shape index (κ3) is 2.20. The first kappa shape index (κ1) is 13.8. The van der Waals surface area contributed by atoms with Crippen LogP contribution < -0.4 is 11.3 Å². The molecule has 3 aromatic heterocycles. The Morgan fingerprint density at radius 2 is 2.09 bits per heavy atom. The molecule has 3 aromatic rings. The third-order valence-corrected chi connectivity index (χ3v) is 3.28. The number of rotatable bonds is 2. The van der Waals surface area contributed by atoms with Crippen LogP contribution in [0, 0.1) is 0 Å². The Morgan fingerprint density at radius 3 is 2.82 bits per heavy atom. The molecule has 0 fully saturated rings. The maximum absolute atomic E-state index is 12.0. The van der Waals surface area contributed by atoms with E-state index in [1.54, 1.807) is 36.1 Å². The van der Waals surface area contributed by atoms with Gasteiger partial charge in [-0.3, -0.25) is 4.79 Å². The summed E-state index contributed by atoms with van der Waals surface area (Å²) in [6, 6.07) is 5.06. The molecule has 0 atom stereocenters. The van der Waals surface area contributed by atoms with Crippen LogP contribution in [0.2, 0.25) is 0 Å². The molecule has 22 heavy (non-hydrogen) atoms. The van der Waals surface area contributed by atoms with Crippen LogP contribution in [0.5, 0.6) is 0 Å². The second kappa shape index (κ2) is 4.99. The van der Waals surface area contributed by atoms with E-state index in [4.69, 9.17) is 5.73 Å². The Labute approximate surface area is 124 Å². The highest BCUT2D eigenvalue weighted by molar-refractivity contribution is 5.90. The zero-order chi connectivity index (χ0) is 15.9. The first-order valence-electron chi connectivity index (χ1n) is 6.41. The number of carbonyl (C=O) groups is 1.